The molecule has 1 aromatic carbocycles. The Balaban J connectivity index is 1.94. The van der Waals surface area contributed by atoms with Gasteiger partial charge in [0.05, 0.1) is 12.6 Å². The molecular weight excluding hydrogens is 372 g/mol. The van der Waals surface area contributed by atoms with Crippen molar-refractivity contribution in [1.29, 1.82) is 0 Å². The van der Waals surface area contributed by atoms with Crippen molar-refractivity contribution in [3.05, 3.63) is 35.4 Å². The molecule has 1 saturated carbocycles. The average molecular weight is 397 g/mol. The van der Waals surface area contributed by atoms with Crippen molar-refractivity contribution in [2.24, 2.45) is 5.92 Å². The molecule has 0 radical (unpaired) electrons. The van der Waals surface area contributed by atoms with E-state index in [4.69, 9.17) is 9.47 Å². The van der Waals surface area contributed by atoms with Gasteiger partial charge in [-0.2, -0.15) is 0 Å². The molecule has 3 rings (SSSR count). The van der Waals surface area contributed by atoms with Crippen LogP contribution in [-0.2, 0) is 19.7 Å². The summed E-state index contributed by atoms with van der Waals surface area (Å²) in [4.78, 5) is 26.1. The highest BCUT2D eigenvalue weighted by atomic mass is 19.1. The summed E-state index contributed by atoms with van der Waals surface area (Å²) in [6.45, 7) is 6.90. The van der Waals surface area contributed by atoms with Crippen LogP contribution < -0.4 is 0 Å². The fraction of sp³-hybridized carbons (Fsp3) is 0.600. The van der Waals surface area contributed by atoms with E-state index in [1.807, 2.05) is 0 Å². The summed E-state index contributed by atoms with van der Waals surface area (Å²) in [5.41, 5.74) is -1.10. The van der Waals surface area contributed by atoms with Gasteiger partial charge in [-0.15, -0.1) is 0 Å². The van der Waals surface area contributed by atoms with E-state index in [-0.39, 0.29) is 19.1 Å². The minimum absolute atomic E-state index is 0.0833. The van der Waals surface area contributed by atoms with Gasteiger partial charge in [0.2, 0.25) is 0 Å². The number of amides is 1. The number of halogens is 2. The molecule has 1 aliphatic carbocycles. The second-order valence-corrected chi connectivity index (χ2v) is 8.42. The molecular formula is C20H25F2NO5. The molecule has 2 fully saturated rings. The molecule has 1 heterocycles. The molecule has 6 nitrogen and oxygen atoms in total. The Hall–Kier alpha value is -2.22. The lowest BCUT2D eigenvalue weighted by molar-refractivity contribution is -0.156. The maximum atomic E-state index is 13.8. The number of hydrogen-bond acceptors (Lipinski definition) is 5. The summed E-state index contributed by atoms with van der Waals surface area (Å²) < 4.78 is 37.8. The van der Waals surface area contributed by atoms with Crippen LogP contribution in [0.5, 0.6) is 0 Å². The summed E-state index contributed by atoms with van der Waals surface area (Å²) in [5.74, 6) is -2.60. The van der Waals surface area contributed by atoms with Gasteiger partial charge in [-0.1, -0.05) is 0 Å². The molecule has 0 bridgehead atoms. The number of rotatable bonds is 4. The summed E-state index contributed by atoms with van der Waals surface area (Å²) in [6.07, 6.45) is -1.76. The molecule has 1 amide bonds. The Morgan fingerprint density at radius 2 is 1.89 bits per heavy atom. The number of carbonyl (C=O) groups excluding carboxylic acids is 2. The Labute approximate surface area is 162 Å². The predicted molar refractivity (Wildman–Crippen MR) is 95.5 cm³/mol. The molecule has 2 aliphatic rings. The van der Waals surface area contributed by atoms with Crippen molar-refractivity contribution in [3.63, 3.8) is 0 Å². The first-order chi connectivity index (χ1) is 13.0. The van der Waals surface area contributed by atoms with E-state index in [0.29, 0.717) is 12.0 Å². The Bertz CT molecular complexity index is 773. The van der Waals surface area contributed by atoms with Crippen LogP contribution in [0.25, 0.3) is 0 Å². The largest absolute Gasteiger partial charge is 0.464 e. The number of benzene rings is 1. The molecule has 1 N–H and O–H groups in total. The van der Waals surface area contributed by atoms with Crippen LogP contribution in [0.4, 0.5) is 13.6 Å². The van der Waals surface area contributed by atoms with Gasteiger partial charge in [0.15, 0.2) is 6.10 Å². The first-order valence-corrected chi connectivity index (χ1v) is 9.29. The van der Waals surface area contributed by atoms with Gasteiger partial charge in [-0.3, -0.25) is 0 Å². The fourth-order valence-electron chi connectivity index (χ4n) is 4.12. The standard InChI is InChI=1S/C20H25F2NO5/c1-5-27-17(25)16(24)15-14-9-20(14,11-6-12(21)8-13(22)7-11)10-23(15)18(26)28-19(2,3)4/h6-8,14-16,24H,5,9-10H2,1-4H3/t14?,15?,16?,20-/m1/s1. The topological polar surface area (TPSA) is 76.1 Å². The smallest absolute Gasteiger partial charge is 0.410 e. The number of nitrogens with zero attached hydrogens (tertiary/aromatic N) is 1. The van der Waals surface area contributed by atoms with Crippen LogP contribution in [0.1, 0.15) is 39.7 Å². The average Bonchev–Trinajstić information content (AvgIpc) is 3.18. The van der Waals surface area contributed by atoms with E-state index in [2.05, 4.69) is 0 Å². The molecule has 1 aromatic rings. The maximum Gasteiger partial charge on any atom is 0.410 e. The van der Waals surface area contributed by atoms with Crippen LogP contribution in [0, 0.1) is 17.6 Å². The van der Waals surface area contributed by atoms with Gasteiger partial charge in [-0.05, 0) is 57.7 Å². The third kappa shape index (κ3) is 3.70. The zero-order valence-electron chi connectivity index (χ0n) is 16.4. The third-order valence-corrected chi connectivity index (χ3v) is 5.28. The number of esters is 1. The normalized spacial score (nSPS) is 27.2. The number of carbonyl (C=O) groups is 2. The van der Waals surface area contributed by atoms with Crippen molar-refractivity contribution in [2.45, 2.75) is 57.3 Å². The molecule has 154 valence electrons. The fourth-order valence-corrected chi connectivity index (χ4v) is 4.12. The Morgan fingerprint density at radius 3 is 2.43 bits per heavy atom. The molecule has 3 unspecified atom stereocenters. The molecule has 1 aliphatic heterocycles. The number of aliphatic hydroxyl groups is 1. The Morgan fingerprint density at radius 1 is 1.29 bits per heavy atom. The van der Waals surface area contributed by atoms with Gasteiger partial charge in [0.1, 0.15) is 17.2 Å². The van der Waals surface area contributed by atoms with Gasteiger partial charge in [0, 0.05) is 18.0 Å². The molecule has 0 spiro atoms. The highest BCUT2D eigenvalue weighted by molar-refractivity contribution is 5.78. The van der Waals surface area contributed by atoms with Gasteiger partial charge >= 0.3 is 12.1 Å². The van der Waals surface area contributed by atoms with E-state index in [1.54, 1.807) is 27.7 Å². The van der Waals surface area contributed by atoms with Crippen molar-refractivity contribution in [2.75, 3.05) is 13.2 Å². The minimum atomic E-state index is -1.57. The monoisotopic (exact) mass is 397 g/mol. The summed E-state index contributed by atoms with van der Waals surface area (Å²) in [6, 6.07) is 2.36. The van der Waals surface area contributed by atoms with Crippen LogP contribution in [0.15, 0.2) is 18.2 Å². The number of likely N-dealkylation sites (tertiary alicyclic amines) is 1. The van der Waals surface area contributed by atoms with Gasteiger partial charge < -0.3 is 19.5 Å². The second-order valence-electron chi connectivity index (χ2n) is 8.42. The highest BCUT2D eigenvalue weighted by Gasteiger charge is 2.69. The summed E-state index contributed by atoms with van der Waals surface area (Å²) in [5, 5.41) is 10.6. The van der Waals surface area contributed by atoms with Crippen LogP contribution in [0.3, 0.4) is 0 Å². The zero-order chi connectivity index (χ0) is 20.9. The van der Waals surface area contributed by atoms with E-state index >= 15 is 0 Å². The van der Waals surface area contributed by atoms with Crippen molar-refractivity contribution >= 4 is 12.1 Å². The number of piperidine rings is 1. The number of fused-ring (bicyclic) bond motifs is 1. The first-order valence-electron chi connectivity index (χ1n) is 9.29. The van der Waals surface area contributed by atoms with E-state index < -0.39 is 46.9 Å². The van der Waals surface area contributed by atoms with Gasteiger partial charge in [-0.25, -0.2) is 18.4 Å². The van der Waals surface area contributed by atoms with Gasteiger partial charge in [0.25, 0.3) is 0 Å². The number of aliphatic hydroxyl groups excluding tert-OH is 1. The SMILES string of the molecule is CCOC(=O)C(O)C1C2C[C@]2(c2cc(F)cc(F)c2)CN1C(=O)OC(C)(C)C. The Kier molecular flexibility index (Phi) is 5.12. The van der Waals surface area contributed by atoms with Crippen molar-refractivity contribution in [3.8, 4) is 0 Å². The van der Waals surface area contributed by atoms with E-state index in [9.17, 15) is 23.5 Å². The van der Waals surface area contributed by atoms with Crippen molar-refractivity contribution in [1.82, 2.24) is 4.90 Å². The molecule has 28 heavy (non-hydrogen) atoms. The lowest BCUT2D eigenvalue weighted by Gasteiger charge is -2.32. The molecule has 8 heteroatoms. The third-order valence-electron chi connectivity index (χ3n) is 5.28. The molecule has 1 saturated heterocycles. The summed E-state index contributed by atoms with van der Waals surface area (Å²) in [7, 11) is 0. The van der Waals surface area contributed by atoms with Crippen LogP contribution >= 0.6 is 0 Å². The number of ether oxygens (including phenoxy) is 2. The predicted octanol–water partition coefficient (Wildman–Crippen LogP) is 2.77. The lowest BCUT2D eigenvalue weighted by atomic mass is 9.93. The molecule has 0 aromatic heterocycles. The zero-order valence-corrected chi connectivity index (χ0v) is 16.4. The van der Waals surface area contributed by atoms with E-state index in [0.717, 1.165) is 6.07 Å². The second kappa shape index (κ2) is 6.99. The van der Waals surface area contributed by atoms with Crippen LogP contribution in [0.2, 0.25) is 0 Å². The summed E-state index contributed by atoms with van der Waals surface area (Å²) >= 11 is 0. The molecule has 4 atom stereocenters. The van der Waals surface area contributed by atoms with E-state index in [1.165, 1.54) is 17.0 Å². The first kappa shape index (κ1) is 20.5. The van der Waals surface area contributed by atoms with Crippen LogP contribution in [-0.4, -0.2) is 53.0 Å². The maximum absolute atomic E-state index is 13.8. The number of hydrogen-bond donors (Lipinski definition) is 1. The highest BCUT2D eigenvalue weighted by Crippen LogP contribution is 2.63. The lowest BCUT2D eigenvalue weighted by Crippen LogP contribution is -2.50. The van der Waals surface area contributed by atoms with Crippen molar-refractivity contribution < 1.29 is 33.0 Å². The quantitative estimate of drug-likeness (QED) is 0.791. The minimum Gasteiger partial charge on any atom is -0.464 e.